The Morgan fingerprint density at radius 1 is 0.672 bits per heavy atom. The van der Waals surface area contributed by atoms with Gasteiger partial charge < -0.3 is 48.9 Å². The van der Waals surface area contributed by atoms with Gasteiger partial charge in [-0.15, -0.1) is 0 Å². The molecule has 14 heteroatoms. The maximum Gasteiger partial charge on any atom is 0.407 e. The molecule has 0 aromatic rings. The van der Waals surface area contributed by atoms with Crippen molar-refractivity contribution in [3.05, 3.63) is 23.3 Å². The molecule has 0 spiro atoms. The second-order valence-corrected chi connectivity index (χ2v) is 18.6. The molecule has 4 fully saturated rings. The Balaban J connectivity index is 0.801. The molecule has 0 bridgehead atoms. The third kappa shape index (κ3) is 11.8. The number of fused-ring (bicyclic) bond motifs is 6. The number of hydrogen-bond donors (Lipinski definition) is 2. The summed E-state index contributed by atoms with van der Waals surface area (Å²) in [7, 11) is 7.91. The lowest BCUT2D eigenvalue weighted by Crippen LogP contribution is -2.34. The van der Waals surface area contributed by atoms with Crippen LogP contribution in [-0.4, -0.2) is 137 Å². The van der Waals surface area contributed by atoms with Crippen molar-refractivity contribution in [1.82, 2.24) is 20.4 Å². The molecule has 6 rings (SSSR count). The van der Waals surface area contributed by atoms with E-state index >= 15 is 0 Å². The van der Waals surface area contributed by atoms with E-state index < -0.39 is 12.2 Å². The van der Waals surface area contributed by atoms with E-state index in [1.54, 1.807) is 0 Å². The van der Waals surface area contributed by atoms with Crippen LogP contribution in [0.4, 0.5) is 9.59 Å². The second kappa shape index (κ2) is 19.9. The maximum atomic E-state index is 12.8. The van der Waals surface area contributed by atoms with E-state index in [-0.39, 0.29) is 84.4 Å². The zero-order valence-electron chi connectivity index (χ0n) is 35.9. The van der Waals surface area contributed by atoms with E-state index in [0.717, 1.165) is 101 Å². The van der Waals surface area contributed by atoms with Crippen LogP contribution in [0.3, 0.4) is 0 Å². The zero-order valence-corrected chi connectivity index (χ0v) is 35.9. The van der Waals surface area contributed by atoms with Gasteiger partial charge in [-0.25, -0.2) is 9.59 Å². The van der Waals surface area contributed by atoms with Crippen molar-refractivity contribution in [3.63, 3.8) is 0 Å². The van der Waals surface area contributed by atoms with E-state index in [1.165, 1.54) is 0 Å². The molecule has 6 aliphatic rings. The molecule has 58 heavy (non-hydrogen) atoms. The average molecular weight is 815 g/mol. The third-order valence-corrected chi connectivity index (χ3v) is 13.3. The summed E-state index contributed by atoms with van der Waals surface area (Å²) in [6, 6.07) is 0. The molecule has 0 aromatic heterocycles. The van der Waals surface area contributed by atoms with Crippen molar-refractivity contribution < 1.29 is 47.6 Å². The minimum atomic E-state index is -0.407. The molecule has 4 saturated heterocycles. The van der Waals surface area contributed by atoms with Gasteiger partial charge in [-0.05, 0) is 117 Å². The number of nitrogens with zero attached hydrogens (tertiary/aromatic N) is 2. The summed E-state index contributed by atoms with van der Waals surface area (Å²) in [5.74, 6) is -0.478. The van der Waals surface area contributed by atoms with E-state index in [4.69, 9.17) is 28.4 Å². The Morgan fingerprint density at radius 2 is 1.07 bits per heavy atom. The van der Waals surface area contributed by atoms with Gasteiger partial charge >= 0.3 is 24.1 Å². The van der Waals surface area contributed by atoms with Crippen LogP contribution in [0.5, 0.6) is 0 Å². The highest BCUT2D eigenvalue weighted by molar-refractivity contribution is 5.76. The highest BCUT2D eigenvalue weighted by Gasteiger charge is 2.64. The van der Waals surface area contributed by atoms with Gasteiger partial charge in [-0.2, -0.15) is 0 Å². The fourth-order valence-corrected chi connectivity index (χ4v) is 9.73. The smallest absolute Gasteiger partial charge is 0.407 e. The highest BCUT2D eigenvalue weighted by atomic mass is 16.7. The molecule has 0 radical (unpaired) electrons. The van der Waals surface area contributed by atoms with Gasteiger partial charge in [-0.3, -0.25) is 9.59 Å². The number of hydrogen-bond acceptors (Lipinski definition) is 12. The van der Waals surface area contributed by atoms with Crippen LogP contribution in [0.1, 0.15) is 104 Å². The Labute approximate surface area is 345 Å². The minimum Gasteiger partial charge on any atom is -0.459 e. The number of allylic oxidation sites excluding steroid dienone is 2. The molecule has 2 aliphatic carbocycles. The van der Waals surface area contributed by atoms with Crippen LogP contribution in [-0.2, 0) is 38.0 Å². The first-order chi connectivity index (χ1) is 27.8. The Hall–Kier alpha value is -3.20. The molecule has 0 saturated carbocycles. The number of unbranched alkanes of at least 4 members (excludes halogenated alkanes) is 5. The molecule has 0 aromatic carbocycles. The SMILES string of the molecule is CN(C)CC1C(=O)O[C@H]2C1CC/C(COC(=O)NCCCCCCCCNC(=O)OC/C1=C/CC[C@@]3(C)O[C@H]3[C@H]3OC(=O)C(CN(C)C)C3CC1)=C\CC[C@@]1(C)O[C@@H]21. The number of alkyl carbamates (subject to hydrolysis) is 2. The number of carbonyl (C=O) groups is 4. The molecule has 4 heterocycles. The lowest BCUT2D eigenvalue weighted by atomic mass is 9.80. The standard InChI is InChI=1S/C44H70N4O10/c1-43-21-13-15-29(17-19-31-33(25-47(3)4)39(49)55-35(31)37(43)57-43)27-53-41(51)45-23-11-9-7-8-10-12-24-46-42(52)54-28-30-16-14-22-44(2)38(58-44)36-32(20-18-30)34(26-48(5)6)40(50)56-36/h15-16,31-38H,7-14,17-28H2,1-6H3,(H,45,51)(H,46,52)/b29-15+,30-16+/t31?,32?,33?,34?,35-,36-,37-,38-,43+,44+/m0/s1. The van der Waals surface area contributed by atoms with Crippen LogP contribution < -0.4 is 10.6 Å². The summed E-state index contributed by atoms with van der Waals surface area (Å²) in [5.41, 5.74) is 1.60. The lowest BCUT2D eigenvalue weighted by Gasteiger charge is -2.24. The summed E-state index contributed by atoms with van der Waals surface area (Å²) in [5, 5.41) is 5.78. The fourth-order valence-electron chi connectivity index (χ4n) is 9.73. The topological polar surface area (TPSA) is 161 Å². The van der Waals surface area contributed by atoms with Gasteiger partial charge in [0.1, 0.15) is 37.6 Å². The number of rotatable bonds is 17. The number of amides is 2. The molecule has 2 amide bonds. The first-order valence-corrected chi connectivity index (χ1v) is 22.0. The first-order valence-electron chi connectivity index (χ1n) is 22.0. The molecule has 14 nitrogen and oxygen atoms in total. The van der Waals surface area contributed by atoms with E-state index in [0.29, 0.717) is 26.2 Å². The number of nitrogens with one attached hydrogen (secondary N) is 2. The van der Waals surface area contributed by atoms with E-state index in [2.05, 4.69) is 36.6 Å². The molecule has 4 unspecified atom stereocenters. The van der Waals surface area contributed by atoms with Gasteiger partial charge in [0.15, 0.2) is 0 Å². The van der Waals surface area contributed by atoms with Crippen molar-refractivity contribution in [3.8, 4) is 0 Å². The lowest BCUT2D eigenvalue weighted by molar-refractivity contribution is -0.146. The molecular weight excluding hydrogens is 745 g/mol. The van der Waals surface area contributed by atoms with Crippen molar-refractivity contribution >= 4 is 24.1 Å². The molecule has 2 N–H and O–H groups in total. The van der Waals surface area contributed by atoms with Crippen molar-refractivity contribution in [2.75, 3.05) is 67.6 Å². The molecular formula is C44H70N4O10. The van der Waals surface area contributed by atoms with Crippen molar-refractivity contribution in [2.24, 2.45) is 23.7 Å². The van der Waals surface area contributed by atoms with Crippen LogP contribution in [0.15, 0.2) is 23.3 Å². The largest absolute Gasteiger partial charge is 0.459 e. The van der Waals surface area contributed by atoms with Crippen molar-refractivity contribution in [1.29, 1.82) is 0 Å². The predicted octanol–water partition coefficient (Wildman–Crippen LogP) is 5.53. The van der Waals surface area contributed by atoms with Gasteiger partial charge in [-0.1, -0.05) is 37.8 Å². The summed E-state index contributed by atoms with van der Waals surface area (Å²) in [6.45, 7) is 7.10. The molecule has 4 aliphatic heterocycles. The van der Waals surface area contributed by atoms with Crippen molar-refractivity contribution in [2.45, 2.75) is 139 Å². The van der Waals surface area contributed by atoms with Crippen LogP contribution in [0.2, 0.25) is 0 Å². The average Bonchev–Trinajstić information content (AvgIpc) is 3.97. The molecule has 10 atom stereocenters. The Bertz CT molecular complexity index is 1410. The Kier molecular flexibility index (Phi) is 15.2. The first kappa shape index (κ1) is 44.4. The number of esters is 2. The monoisotopic (exact) mass is 815 g/mol. The maximum absolute atomic E-state index is 12.8. The van der Waals surface area contributed by atoms with Crippen LogP contribution in [0, 0.1) is 23.7 Å². The van der Waals surface area contributed by atoms with Gasteiger partial charge in [0.2, 0.25) is 0 Å². The summed E-state index contributed by atoms with van der Waals surface area (Å²) in [4.78, 5) is 54.7. The van der Waals surface area contributed by atoms with E-state index in [1.807, 2.05) is 38.0 Å². The summed E-state index contributed by atoms with van der Waals surface area (Å²) < 4.78 is 35.2. The predicted molar refractivity (Wildman–Crippen MR) is 217 cm³/mol. The number of ether oxygens (including phenoxy) is 6. The van der Waals surface area contributed by atoms with Crippen LogP contribution >= 0.6 is 0 Å². The van der Waals surface area contributed by atoms with Gasteiger partial charge in [0.05, 0.1) is 23.0 Å². The quantitative estimate of drug-likeness (QED) is 0.0622. The summed E-state index contributed by atoms with van der Waals surface area (Å²) in [6.07, 6.45) is 15.3. The van der Waals surface area contributed by atoms with E-state index in [9.17, 15) is 19.2 Å². The minimum absolute atomic E-state index is 0.0417. The third-order valence-electron chi connectivity index (χ3n) is 13.3. The van der Waals surface area contributed by atoms with Crippen LogP contribution in [0.25, 0.3) is 0 Å². The zero-order chi connectivity index (χ0) is 41.5. The number of carbonyl (C=O) groups excluding carboxylic acids is 4. The summed E-state index contributed by atoms with van der Waals surface area (Å²) >= 11 is 0. The van der Waals surface area contributed by atoms with Gasteiger partial charge in [0, 0.05) is 38.0 Å². The normalized spacial score (nSPS) is 36.1. The second-order valence-electron chi connectivity index (χ2n) is 18.6. The molecule has 326 valence electrons. The fraction of sp³-hybridized carbons (Fsp3) is 0.818. The highest BCUT2D eigenvalue weighted by Crippen LogP contribution is 2.51. The number of epoxide rings is 2. The van der Waals surface area contributed by atoms with Gasteiger partial charge in [0.25, 0.3) is 0 Å². The Morgan fingerprint density at radius 3 is 1.47 bits per heavy atom.